The monoisotopic (exact) mass is 406 g/mol. The number of piperidine rings is 1. The first kappa shape index (κ1) is 14.0. The molecule has 2 aliphatic rings. The first-order valence-electron chi connectivity index (χ1n) is 6.65. The quantitative estimate of drug-likeness (QED) is 0.811. The van der Waals surface area contributed by atoms with E-state index in [4.69, 9.17) is 0 Å². The van der Waals surface area contributed by atoms with Crippen LogP contribution in [0.15, 0.2) is 14.3 Å². The molecule has 2 atom stereocenters. The highest BCUT2D eigenvalue weighted by molar-refractivity contribution is 9.13. The SMILES string of the molecule is O=C(NC1CCN2CCCCC12)c1cc(Br)c(Br)s1. The molecule has 2 saturated heterocycles. The molecule has 3 nitrogen and oxygen atoms in total. The standard InChI is InChI=1S/C13H16Br2N2OS/c14-8-7-11(19-12(8)15)13(18)16-9-4-6-17-5-2-1-3-10(9)17/h7,9-10H,1-6H2,(H,16,18). The van der Waals surface area contributed by atoms with E-state index in [0.717, 1.165) is 26.1 Å². The fraction of sp³-hybridized carbons (Fsp3) is 0.615. The van der Waals surface area contributed by atoms with Gasteiger partial charge >= 0.3 is 0 Å². The van der Waals surface area contributed by atoms with Gasteiger partial charge in [-0.25, -0.2) is 0 Å². The van der Waals surface area contributed by atoms with Gasteiger partial charge in [0.25, 0.3) is 5.91 Å². The number of halogens is 2. The van der Waals surface area contributed by atoms with Gasteiger partial charge in [-0.05, 0) is 63.7 Å². The molecule has 0 bridgehead atoms. The number of nitrogens with zero attached hydrogens (tertiary/aromatic N) is 1. The molecule has 104 valence electrons. The zero-order valence-corrected chi connectivity index (χ0v) is 14.5. The summed E-state index contributed by atoms with van der Waals surface area (Å²) in [5, 5.41) is 3.22. The topological polar surface area (TPSA) is 32.3 Å². The predicted octanol–water partition coefficient (Wildman–Crippen LogP) is 3.63. The van der Waals surface area contributed by atoms with E-state index in [-0.39, 0.29) is 5.91 Å². The van der Waals surface area contributed by atoms with Gasteiger partial charge in [-0.15, -0.1) is 11.3 Å². The molecule has 3 heterocycles. The third-order valence-electron chi connectivity index (χ3n) is 4.04. The lowest BCUT2D eigenvalue weighted by atomic mass is 9.99. The number of hydrogen-bond donors (Lipinski definition) is 1. The van der Waals surface area contributed by atoms with E-state index in [1.54, 1.807) is 0 Å². The molecule has 1 aromatic heterocycles. The van der Waals surface area contributed by atoms with E-state index >= 15 is 0 Å². The van der Waals surface area contributed by atoms with Crippen LogP contribution in [0.3, 0.4) is 0 Å². The molecule has 6 heteroatoms. The smallest absolute Gasteiger partial charge is 0.261 e. The summed E-state index contributed by atoms with van der Waals surface area (Å²) in [7, 11) is 0. The second-order valence-electron chi connectivity index (χ2n) is 5.20. The van der Waals surface area contributed by atoms with Crippen molar-refractivity contribution in [2.24, 2.45) is 0 Å². The molecular formula is C13H16Br2N2OS. The Hall–Kier alpha value is 0.0900. The van der Waals surface area contributed by atoms with Crippen LogP contribution in [0.4, 0.5) is 0 Å². The normalized spacial score (nSPS) is 27.3. The predicted molar refractivity (Wildman–Crippen MR) is 84.8 cm³/mol. The van der Waals surface area contributed by atoms with Crippen LogP contribution in [0.1, 0.15) is 35.4 Å². The van der Waals surface area contributed by atoms with Crippen LogP contribution in [0.2, 0.25) is 0 Å². The van der Waals surface area contributed by atoms with Crippen molar-refractivity contribution in [2.45, 2.75) is 37.8 Å². The van der Waals surface area contributed by atoms with E-state index in [0.29, 0.717) is 12.1 Å². The lowest BCUT2D eigenvalue weighted by Gasteiger charge is -2.32. The summed E-state index contributed by atoms with van der Waals surface area (Å²) in [6.07, 6.45) is 4.92. The number of amides is 1. The van der Waals surface area contributed by atoms with E-state index in [1.807, 2.05) is 6.07 Å². The van der Waals surface area contributed by atoms with Gasteiger partial charge in [0, 0.05) is 23.1 Å². The van der Waals surface area contributed by atoms with Crippen LogP contribution in [-0.4, -0.2) is 36.0 Å². The molecular weight excluding hydrogens is 392 g/mol. The first-order chi connectivity index (χ1) is 9.15. The maximum Gasteiger partial charge on any atom is 0.261 e. The highest BCUT2D eigenvalue weighted by Crippen LogP contribution is 2.33. The Labute approximate surface area is 134 Å². The molecule has 1 aromatic rings. The van der Waals surface area contributed by atoms with E-state index < -0.39 is 0 Å². The van der Waals surface area contributed by atoms with Crippen molar-refractivity contribution in [3.05, 3.63) is 19.2 Å². The minimum absolute atomic E-state index is 0.0637. The van der Waals surface area contributed by atoms with Gasteiger partial charge in [-0.1, -0.05) is 6.42 Å². The summed E-state index contributed by atoms with van der Waals surface area (Å²) in [6.45, 7) is 2.33. The summed E-state index contributed by atoms with van der Waals surface area (Å²) in [4.78, 5) is 15.6. The van der Waals surface area contributed by atoms with E-state index in [2.05, 4.69) is 42.1 Å². The summed E-state index contributed by atoms with van der Waals surface area (Å²) >= 11 is 8.34. The highest BCUT2D eigenvalue weighted by atomic mass is 79.9. The number of hydrogen-bond acceptors (Lipinski definition) is 3. The lowest BCUT2D eigenvalue weighted by molar-refractivity contribution is 0.0919. The minimum Gasteiger partial charge on any atom is -0.347 e. The Morgan fingerprint density at radius 1 is 1.32 bits per heavy atom. The maximum absolute atomic E-state index is 12.3. The van der Waals surface area contributed by atoms with Crippen LogP contribution in [-0.2, 0) is 0 Å². The number of carbonyl (C=O) groups is 1. The fourth-order valence-electron chi connectivity index (χ4n) is 3.11. The van der Waals surface area contributed by atoms with Crippen molar-refractivity contribution in [2.75, 3.05) is 13.1 Å². The molecule has 1 N–H and O–H groups in total. The van der Waals surface area contributed by atoms with Gasteiger partial charge in [0.15, 0.2) is 0 Å². The molecule has 0 spiro atoms. The molecule has 2 fully saturated rings. The molecule has 0 saturated carbocycles. The van der Waals surface area contributed by atoms with E-state index in [9.17, 15) is 4.79 Å². The Morgan fingerprint density at radius 3 is 2.89 bits per heavy atom. The zero-order chi connectivity index (χ0) is 13.4. The second kappa shape index (κ2) is 5.84. The number of rotatable bonds is 2. The number of fused-ring (bicyclic) bond motifs is 1. The molecule has 2 aliphatic heterocycles. The van der Waals surface area contributed by atoms with Gasteiger partial charge in [0.1, 0.15) is 0 Å². The number of thiophene rings is 1. The average molecular weight is 408 g/mol. The summed E-state index contributed by atoms with van der Waals surface area (Å²) < 4.78 is 1.93. The second-order valence-corrected chi connectivity index (χ2v) is 8.42. The Bertz CT molecular complexity index is 471. The fourth-order valence-corrected chi connectivity index (χ4v) is 5.05. The van der Waals surface area contributed by atoms with Crippen molar-refractivity contribution in [3.8, 4) is 0 Å². The largest absolute Gasteiger partial charge is 0.347 e. The van der Waals surface area contributed by atoms with E-state index in [1.165, 1.54) is 37.1 Å². The van der Waals surface area contributed by atoms with Gasteiger partial charge < -0.3 is 5.32 Å². The van der Waals surface area contributed by atoms with Gasteiger partial charge in [-0.2, -0.15) is 0 Å². The molecule has 1 amide bonds. The lowest BCUT2D eigenvalue weighted by Crippen LogP contribution is -2.46. The molecule has 0 radical (unpaired) electrons. The van der Waals surface area contributed by atoms with Crippen molar-refractivity contribution in [3.63, 3.8) is 0 Å². The Kier molecular flexibility index (Phi) is 4.31. The Morgan fingerprint density at radius 2 is 2.16 bits per heavy atom. The third-order valence-corrected chi connectivity index (χ3v) is 7.30. The van der Waals surface area contributed by atoms with Crippen LogP contribution >= 0.6 is 43.2 Å². The minimum atomic E-state index is 0.0637. The Balaban J connectivity index is 1.66. The van der Waals surface area contributed by atoms with Gasteiger partial charge in [-0.3, -0.25) is 9.69 Å². The summed E-state index contributed by atoms with van der Waals surface area (Å²) in [5.74, 6) is 0.0637. The zero-order valence-electron chi connectivity index (χ0n) is 10.5. The summed E-state index contributed by atoms with van der Waals surface area (Å²) in [5.41, 5.74) is 0. The first-order valence-corrected chi connectivity index (χ1v) is 9.05. The highest BCUT2D eigenvalue weighted by Gasteiger charge is 2.36. The molecule has 3 rings (SSSR count). The van der Waals surface area contributed by atoms with Gasteiger partial charge in [0.2, 0.25) is 0 Å². The van der Waals surface area contributed by atoms with Crippen molar-refractivity contribution >= 4 is 49.1 Å². The van der Waals surface area contributed by atoms with Crippen LogP contribution in [0.5, 0.6) is 0 Å². The molecule has 2 unspecified atom stereocenters. The maximum atomic E-state index is 12.3. The van der Waals surface area contributed by atoms with Crippen molar-refractivity contribution in [1.82, 2.24) is 10.2 Å². The summed E-state index contributed by atoms with van der Waals surface area (Å²) in [6, 6.07) is 2.77. The molecule has 0 aliphatic carbocycles. The van der Waals surface area contributed by atoms with Gasteiger partial charge in [0.05, 0.1) is 8.66 Å². The number of nitrogens with one attached hydrogen (secondary N) is 1. The van der Waals surface area contributed by atoms with Crippen LogP contribution < -0.4 is 5.32 Å². The van der Waals surface area contributed by atoms with Crippen LogP contribution in [0.25, 0.3) is 0 Å². The molecule has 19 heavy (non-hydrogen) atoms. The number of carbonyl (C=O) groups excluding carboxylic acids is 1. The van der Waals surface area contributed by atoms with Crippen molar-refractivity contribution in [1.29, 1.82) is 0 Å². The third kappa shape index (κ3) is 2.91. The molecule has 0 aromatic carbocycles. The van der Waals surface area contributed by atoms with Crippen molar-refractivity contribution < 1.29 is 4.79 Å². The average Bonchev–Trinajstić information content (AvgIpc) is 2.95. The van der Waals surface area contributed by atoms with Crippen LogP contribution in [0, 0.1) is 0 Å².